The van der Waals surface area contributed by atoms with E-state index in [-0.39, 0.29) is 12.2 Å². The molecule has 2 unspecified atom stereocenters. The van der Waals surface area contributed by atoms with Crippen molar-refractivity contribution in [2.24, 2.45) is 5.92 Å². The first-order valence-electron chi connectivity index (χ1n) is 5.57. The Balaban J connectivity index is 2.10. The largest absolute Gasteiger partial charge is 0.390 e. The van der Waals surface area contributed by atoms with Crippen LogP contribution in [0.25, 0.3) is 0 Å². The maximum Gasteiger partial charge on any atom is 0.0924 e. The molecular formula is C11H22O2S. The lowest BCUT2D eigenvalue weighted by Gasteiger charge is -2.26. The van der Waals surface area contributed by atoms with E-state index in [0.717, 1.165) is 36.9 Å². The van der Waals surface area contributed by atoms with E-state index in [1.54, 1.807) is 0 Å². The van der Waals surface area contributed by atoms with Crippen LogP contribution in [0.1, 0.15) is 33.1 Å². The summed E-state index contributed by atoms with van der Waals surface area (Å²) in [5.74, 6) is 2.78. The normalized spacial score (nSPS) is 25.3. The molecule has 2 nitrogen and oxygen atoms in total. The third kappa shape index (κ3) is 4.67. The number of aliphatic hydroxyl groups is 1. The van der Waals surface area contributed by atoms with Gasteiger partial charge in [0, 0.05) is 11.5 Å². The minimum Gasteiger partial charge on any atom is -0.390 e. The van der Waals surface area contributed by atoms with Gasteiger partial charge in [-0.3, -0.25) is 0 Å². The van der Waals surface area contributed by atoms with Crippen LogP contribution in [-0.4, -0.2) is 35.4 Å². The molecule has 2 atom stereocenters. The molecule has 1 heterocycles. The highest BCUT2D eigenvalue weighted by atomic mass is 32.2. The molecule has 1 saturated heterocycles. The summed E-state index contributed by atoms with van der Waals surface area (Å²) in [6, 6.07) is 0. The van der Waals surface area contributed by atoms with Crippen molar-refractivity contribution in [1.82, 2.24) is 0 Å². The first kappa shape index (κ1) is 12.3. The predicted octanol–water partition coefficient (Wildman–Crippen LogP) is 2.31. The van der Waals surface area contributed by atoms with E-state index in [2.05, 4.69) is 13.8 Å². The van der Waals surface area contributed by atoms with E-state index in [0.29, 0.717) is 0 Å². The van der Waals surface area contributed by atoms with Crippen molar-refractivity contribution in [2.75, 3.05) is 18.1 Å². The summed E-state index contributed by atoms with van der Waals surface area (Å²) in [6.45, 7) is 5.25. The van der Waals surface area contributed by atoms with Crippen LogP contribution < -0.4 is 0 Å². The van der Waals surface area contributed by atoms with Crippen LogP contribution in [0.4, 0.5) is 0 Å². The van der Waals surface area contributed by atoms with Gasteiger partial charge in [-0.05, 0) is 12.3 Å². The number of aliphatic hydroxyl groups excluding tert-OH is 1. The average Bonchev–Trinajstić information content (AvgIpc) is 2.18. The zero-order valence-electron chi connectivity index (χ0n) is 9.24. The Kier molecular flexibility index (Phi) is 5.90. The molecule has 0 spiro atoms. The highest BCUT2D eigenvalue weighted by Crippen LogP contribution is 2.19. The molecule has 1 fully saturated rings. The quantitative estimate of drug-likeness (QED) is 0.768. The Hall–Kier alpha value is 0.270. The summed E-state index contributed by atoms with van der Waals surface area (Å²) in [7, 11) is 0. The Morgan fingerprint density at radius 1 is 1.43 bits per heavy atom. The lowest BCUT2D eigenvalue weighted by atomic mass is 10.0. The summed E-state index contributed by atoms with van der Waals surface area (Å²) in [6.07, 6.45) is 3.05. The summed E-state index contributed by atoms with van der Waals surface area (Å²) >= 11 is 1.89. The van der Waals surface area contributed by atoms with Gasteiger partial charge in [-0.2, -0.15) is 11.8 Å². The summed E-state index contributed by atoms with van der Waals surface area (Å²) < 4.78 is 5.53. The van der Waals surface area contributed by atoms with Crippen LogP contribution in [0.15, 0.2) is 0 Å². The molecule has 0 saturated carbocycles. The molecule has 0 aliphatic carbocycles. The number of hydrogen-bond acceptors (Lipinski definition) is 3. The van der Waals surface area contributed by atoms with Gasteiger partial charge in [0.1, 0.15) is 0 Å². The molecule has 1 N–H and O–H groups in total. The van der Waals surface area contributed by atoms with E-state index in [4.69, 9.17) is 4.74 Å². The zero-order chi connectivity index (χ0) is 10.4. The highest BCUT2D eigenvalue weighted by Gasteiger charge is 2.22. The van der Waals surface area contributed by atoms with E-state index in [1.165, 1.54) is 6.42 Å². The fourth-order valence-electron chi connectivity index (χ4n) is 1.65. The molecule has 0 bridgehead atoms. The van der Waals surface area contributed by atoms with Crippen LogP contribution in [-0.2, 0) is 4.74 Å². The smallest absolute Gasteiger partial charge is 0.0924 e. The molecule has 1 rings (SSSR count). The molecule has 1 aliphatic rings. The van der Waals surface area contributed by atoms with Gasteiger partial charge in [0.2, 0.25) is 0 Å². The van der Waals surface area contributed by atoms with Crippen molar-refractivity contribution in [1.29, 1.82) is 0 Å². The first-order valence-corrected chi connectivity index (χ1v) is 6.73. The first-order chi connectivity index (χ1) is 6.70. The van der Waals surface area contributed by atoms with Gasteiger partial charge in [-0.15, -0.1) is 0 Å². The van der Waals surface area contributed by atoms with Gasteiger partial charge in [0.15, 0.2) is 0 Å². The summed E-state index contributed by atoms with van der Waals surface area (Å²) in [5.41, 5.74) is 0. The number of rotatable bonds is 5. The van der Waals surface area contributed by atoms with Gasteiger partial charge in [-0.1, -0.05) is 26.7 Å². The van der Waals surface area contributed by atoms with Crippen LogP contribution in [0, 0.1) is 5.92 Å². The van der Waals surface area contributed by atoms with Crippen molar-refractivity contribution in [3.63, 3.8) is 0 Å². The maximum absolute atomic E-state index is 9.85. The van der Waals surface area contributed by atoms with Gasteiger partial charge in [-0.25, -0.2) is 0 Å². The Bertz CT molecular complexity index is 144. The zero-order valence-corrected chi connectivity index (χ0v) is 10.1. The fourth-order valence-corrected chi connectivity index (χ4v) is 2.58. The average molecular weight is 218 g/mol. The van der Waals surface area contributed by atoms with Crippen LogP contribution in [0.3, 0.4) is 0 Å². The molecule has 84 valence electrons. The molecule has 1 aliphatic heterocycles. The molecule has 3 heteroatoms. The molecule has 0 aromatic carbocycles. The lowest BCUT2D eigenvalue weighted by molar-refractivity contribution is -0.0258. The second kappa shape index (κ2) is 6.70. The summed E-state index contributed by atoms with van der Waals surface area (Å²) in [5, 5.41) is 9.85. The SMILES string of the molecule is CC(C)CCCC(O)C1CSCCO1. The number of ether oxygens (including phenoxy) is 1. The van der Waals surface area contributed by atoms with Crippen molar-refractivity contribution < 1.29 is 9.84 Å². The molecular weight excluding hydrogens is 196 g/mol. The van der Waals surface area contributed by atoms with Gasteiger partial charge in [0.05, 0.1) is 18.8 Å². The van der Waals surface area contributed by atoms with E-state index >= 15 is 0 Å². The monoisotopic (exact) mass is 218 g/mol. The third-order valence-corrected chi connectivity index (χ3v) is 3.57. The van der Waals surface area contributed by atoms with Crippen LogP contribution in [0.2, 0.25) is 0 Å². The highest BCUT2D eigenvalue weighted by molar-refractivity contribution is 7.99. The third-order valence-electron chi connectivity index (χ3n) is 2.55. The van der Waals surface area contributed by atoms with Crippen LogP contribution >= 0.6 is 11.8 Å². The molecule has 0 aromatic heterocycles. The van der Waals surface area contributed by atoms with Crippen molar-refractivity contribution in [2.45, 2.75) is 45.3 Å². The van der Waals surface area contributed by atoms with Crippen molar-refractivity contribution in [3.05, 3.63) is 0 Å². The van der Waals surface area contributed by atoms with Crippen LogP contribution in [0.5, 0.6) is 0 Å². The molecule has 0 aromatic rings. The molecule has 0 radical (unpaired) electrons. The van der Waals surface area contributed by atoms with Crippen molar-refractivity contribution >= 4 is 11.8 Å². The summed E-state index contributed by atoms with van der Waals surface area (Å²) in [4.78, 5) is 0. The lowest BCUT2D eigenvalue weighted by Crippen LogP contribution is -2.35. The number of hydrogen-bond donors (Lipinski definition) is 1. The van der Waals surface area contributed by atoms with E-state index in [9.17, 15) is 5.11 Å². The van der Waals surface area contributed by atoms with E-state index in [1.807, 2.05) is 11.8 Å². The molecule has 0 amide bonds. The van der Waals surface area contributed by atoms with E-state index < -0.39 is 0 Å². The second-order valence-electron chi connectivity index (χ2n) is 4.38. The second-order valence-corrected chi connectivity index (χ2v) is 5.53. The Morgan fingerprint density at radius 2 is 2.21 bits per heavy atom. The minimum atomic E-state index is -0.249. The minimum absolute atomic E-state index is 0.0842. The Morgan fingerprint density at radius 3 is 2.79 bits per heavy atom. The number of thioether (sulfide) groups is 1. The van der Waals surface area contributed by atoms with Gasteiger partial charge >= 0.3 is 0 Å². The van der Waals surface area contributed by atoms with Gasteiger partial charge < -0.3 is 9.84 Å². The predicted molar refractivity (Wildman–Crippen MR) is 61.8 cm³/mol. The molecule has 14 heavy (non-hydrogen) atoms. The van der Waals surface area contributed by atoms with Crippen molar-refractivity contribution in [3.8, 4) is 0 Å². The topological polar surface area (TPSA) is 29.5 Å². The fraction of sp³-hybridized carbons (Fsp3) is 1.00. The van der Waals surface area contributed by atoms with Gasteiger partial charge in [0.25, 0.3) is 0 Å². The standard InChI is InChI=1S/C11H22O2S/c1-9(2)4-3-5-10(12)11-8-14-7-6-13-11/h9-12H,3-8H2,1-2H3. The maximum atomic E-state index is 9.85. The Labute approximate surface area is 91.4 Å².